The summed E-state index contributed by atoms with van der Waals surface area (Å²) in [5.41, 5.74) is 1.83. The maximum atomic E-state index is 12.8. The van der Waals surface area contributed by atoms with Gasteiger partial charge in [-0.1, -0.05) is 38.5 Å². The lowest BCUT2D eigenvalue weighted by molar-refractivity contribution is -0.119. The number of anilines is 2. The Balaban J connectivity index is 1.63. The number of amides is 3. The Labute approximate surface area is 171 Å². The van der Waals surface area contributed by atoms with Gasteiger partial charge < -0.3 is 16.0 Å². The van der Waals surface area contributed by atoms with Crippen molar-refractivity contribution in [1.29, 1.82) is 0 Å². The lowest BCUT2D eigenvalue weighted by Crippen LogP contribution is -2.47. The molecule has 152 valence electrons. The van der Waals surface area contributed by atoms with E-state index in [1.54, 1.807) is 48.5 Å². The molecule has 3 amide bonds. The van der Waals surface area contributed by atoms with E-state index in [1.807, 2.05) is 19.9 Å². The number of nitrogens with one attached hydrogen (secondary N) is 3. The Kier molecular flexibility index (Phi) is 6.65. The maximum Gasteiger partial charge on any atom is 0.251 e. The summed E-state index contributed by atoms with van der Waals surface area (Å²) in [4.78, 5) is 37.2. The lowest BCUT2D eigenvalue weighted by atomic mass is 9.97. The van der Waals surface area contributed by atoms with E-state index < -0.39 is 6.04 Å². The topological polar surface area (TPSA) is 87.3 Å². The first-order valence-corrected chi connectivity index (χ1v) is 10.1. The van der Waals surface area contributed by atoms with Gasteiger partial charge in [-0.25, -0.2) is 0 Å². The van der Waals surface area contributed by atoms with E-state index in [1.165, 1.54) is 0 Å². The molecule has 29 heavy (non-hydrogen) atoms. The Morgan fingerprint density at radius 3 is 2.07 bits per heavy atom. The van der Waals surface area contributed by atoms with Gasteiger partial charge in [0.1, 0.15) is 6.04 Å². The highest BCUT2D eigenvalue weighted by molar-refractivity contribution is 6.01. The number of carbonyl (C=O) groups excluding carboxylic acids is 3. The van der Waals surface area contributed by atoms with Crippen molar-refractivity contribution in [2.75, 3.05) is 10.6 Å². The second-order valence-electron chi connectivity index (χ2n) is 7.53. The molecule has 2 aromatic carbocycles. The predicted octanol–water partition coefficient (Wildman–Crippen LogP) is 3.82. The number of hydrogen-bond acceptors (Lipinski definition) is 3. The molecule has 0 unspecified atom stereocenters. The fraction of sp³-hybridized carbons (Fsp3) is 0.348. The van der Waals surface area contributed by atoms with E-state index in [9.17, 15) is 14.4 Å². The molecule has 3 N–H and O–H groups in total. The molecule has 6 nitrogen and oxygen atoms in total. The first kappa shape index (κ1) is 20.6. The minimum Gasteiger partial charge on any atom is -0.340 e. The highest BCUT2D eigenvalue weighted by atomic mass is 16.2. The third-order valence-corrected chi connectivity index (χ3v) is 5.19. The average molecular weight is 393 g/mol. The van der Waals surface area contributed by atoms with Gasteiger partial charge in [-0.3, -0.25) is 14.4 Å². The molecule has 0 radical (unpaired) electrons. The van der Waals surface area contributed by atoms with Crippen LogP contribution in [-0.2, 0) is 9.59 Å². The van der Waals surface area contributed by atoms with Crippen molar-refractivity contribution in [3.8, 4) is 0 Å². The van der Waals surface area contributed by atoms with E-state index in [-0.39, 0.29) is 29.6 Å². The van der Waals surface area contributed by atoms with Crippen LogP contribution in [-0.4, -0.2) is 23.8 Å². The fourth-order valence-electron chi connectivity index (χ4n) is 2.96. The van der Waals surface area contributed by atoms with Crippen LogP contribution in [0.5, 0.6) is 0 Å². The zero-order valence-electron chi connectivity index (χ0n) is 16.8. The molecule has 0 aliphatic heterocycles. The molecule has 3 rings (SSSR count). The Hall–Kier alpha value is -3.15. The van der Waals surface area contributed by atoms with Crippen molar-refractivity contribution in [1.82, 2.24) is 5.32 Å². The van der Waals surface area contributed by atoms with Gasteiger partial charge in [0.2, 0.25) is 11.8 Å². The standard InChI is InChI=1S/C23H27N3O3/c1-3-15(2)20(26-22(28)16-7-5-4-6-8-16)23(29)25-19-13-11-18(12-14-19)24-21(27)17-9-10-17/h4-8,11-15,17,20H,3,9-10H2,1-2H3,(H,24,27)(H,25,29)(H,26,28)/t15-,20-/m0/s1. The van der Waals surface area contributed by atoms with Crippen LogP contribution in [0.25, 0.3) is 0 Å². The van der Waals surface area contributed by atoms with Gasteiger partial charge in [-0.05, 0) is 55.2 Å². The first-order valence-electron chi connectivity index (χ1n) is 10.1. The summed E-state index contributed by atoms with van der Waals surface area (Å²) in [6.07, 6.45) is 2.65. The molecule has 0 bridgehead atoms. The minimum atomic E-state index is -0.651. The van der Waals surface area contributed by atoms with Gasteiger partial charge in [0.15, 0.2) is 0 Å². The van der Waals surface area contributed by atoms with Gasteiger partial charge >= 0.3 is 0 Å². The lowest BCUT2D eigenvalue weighted by Gasteiger charge is -2.23. The van der Waals surface area contributed by atoms with Crippen LogP contribution < -0.4 is 16.0 Å². The van der Waals surface area contributed by atoms with Crippen LogP contribution in [0.15, 0.2) is 54.6 Å². The molecule has 1 saturated carbocycles. The highest BCUT2D eigenvalue weighted by Crippen LogP contribution is 2.30. The van der Waals surface area contributed by atoms with Gasteiger partial charge in [0.05, 0.1) is 0 Å². The van der Waals surface area contributed by atoms with Crippen LogP contribution in [0, 0.1) is 11.8 Å². The number of benzene rings is 2. The van der Waals surface area contributed by atoms with E-state index in [0.717, 1.165) is 19.3 Å². The first-order chi connectivity index (χ1) is 14.0. The van der Waals surface area contributed by atoms with Crippen LogP contribution in [0.1, 0.15) is 43.5 Å². The van der Waals surface area contributed by atoms with Crippen molar-refractivity contribution in [2.24, 2.45) is 11.8 Å². The van der Waals surface area contributed by atoms with Crippen LogP contribution in [0.4, 0.5) is 11.4 Å². The predicted molar refractivity (Wildman–Crippen MR) is 114 cm³/mol. The minimum absolute atomic E-state index is 0.0280. The molecule has 6 heteroatoms. The monoisotopic (exact) mass is 393 g/mol. The molecule has 0 saturated heterocycles. The van der Waals surface area contributed by atoms with Crippen LogP contribution in [0.2, 0.25) is 0 Å². The molecular formula is C23H27N3O3. The van der Waals surface area contributed by atoms with E-state index in [2.05, 4.69) is 16.0 Å². The zero-order chi connectivity index (χ0) is 20.8. The summed E-state index contributed by atoms with van der Waals surface area (Å²) in [5, 5.41) is 8.59. The van der Waals surface area contributed by atoms with Gasteiger partial charge in [0, 0.05) is 22.9 Å². The summed E-state index contributed by atoms with van der Waals surface area (Å²) in [6, 6.07) is 15.2. The van der Waals surface area contributed by atoms with Gasteiger partial charge in [0.25, 0.3) is 5.91 Å². The summed E-state index contributed by atoms with van der Waals surface area (Å²) < 4.78 is 0. The van der Waals surface area contributed by atoms with Crippen LogP contribution in [0.3, 0.4) is 0 Å². The summed E-state index contributed by atoms with van der Waals surface area (Å²) >= 11 is 0. The average Bonchev–Trinajstić information content (AvgIpc) is 3.58. The van der Waals surface area contributed by atoms with Crippen molar-refractivity contribution >= 4 is 29.1 Å². The molecule has 0 spiro atoms. The highest BCUT2D eigenvalue weighted by Gasteiger charge is 2.29. The van der Waals surface area contributed by atoms with Crippen molar-refractivity contribution < 1.29 is 14.4 Å². The quantitative estimate of drug-likeness (QED) is 0.637. The van der Waals surface area contributed by atoms with Gasteiger partial charge in [-0.15, -0.1) is 0 Å². The largest absolute Gasteiger partial charge is 0.340 e. The second-order valence-corrected chi connectivity index (χ2v) is 7.53. The smallest absolute Gasteiger partial charge is 0.251 e. The van der Waals surface area contributed by atoms with E-state index in [4.69, 9.17) is 0 Å². The van der Waals surface area contributed by atoms with E-state index >= 15 is 0 Å². The molecule has 0 heterocycles. The molecule has 1 fully saturated rings. The van der Waals surface area contributed by atoms with E-state index in [0.29, 0.717) is 16.9 Å². The second kappa shape index (κ2) is 9.37. The molecule has 0 aromatic heterocycles. The third kappa shape index (κ3) is 5.67. The molecule has 1 aliphatic rings. The fourth-order valence-corrected chi connectivity index (χ4v) is 2.96. The molecule has 1 aliphatic carbocycles. The number of carbonyl (C=O) groups is 3. The molecular weight excluding hydrogens is 366 g/mol. The maximum absolute atomic E-state index is 12.8. The van der Waals surface area contributed by atoms with Crippen molar-refractivity contribution in [3.05, 3.63) is 60.2 Å². The summed E-state index contributed by atoms with van der Waals surface area (Å²) in [6.45, 7) is 3.92. The number of rotatable bonds is 8. The van der Waals surface area contributed by atoms with Crippen LogP contribution >= 0.6 is 0 Å². The summed E-state index contributed by atoms with van der Waals surface area (Å²) in [7, 11) is 0. The Morgan fingerprint density at radius 2 is 1.52 bits per heavy atom. The normalized spacial score (nSPS) is 15.1. The Bertz CT molecular complexity index is 861. The zero-order valence-corrected chi connectivity index (χ0v) is 16.8. The number of hydrogen-bond donors (Lipinski definition) is 3. The van der Waals surface area contributed by atoms with Gasteiger partial charge in [-0.2, -0.15) is 0 Å². The molecule has 2 atom stereocenters. The van der Waals surface area contributed by atoms with Crippen molar-refractivity contribution in [2.45, 2.75) is 39.2 Å². The third-order valence-electron chi connectivity index (χ3n) is 5.19. The Morgan fingerprint density at radius 1 is 0.931 bits per heavy atom. The SMILES string of the molecule is CC[C@H](C)[C@H](NC(=O)c1ccccc1)C(=O)Nc1ccc(NC(=O)C2CC2)cc1. The molecule has 2 aromatic rings. The van der Waals surface area contributed by atoms with Crippen molar-refractivity contribution in [3.63, 3.8) is 0 Å². The summed E-state index contributed by atoms with van der Waals surface area (Å²) in [5.74, 6) is -0.386.